The number of piperidine rings is 2. The Hall–Kier alpha value is -2.29. The third-order valence-corrected chi connectivity index (χ3v) is 16.8. The van der Waals surface area contributed by atoms with E-state index in [1.807, 2.05) is 0 Å². The van der Waals surface area contributed by atoms with Crippen molar-refractivity contribution in [2.75, 3.05) is 39.6 Å². The van der Waals surface area contributed by atoms with Crippen molar-refractivity contribution in [3.05, 3.63) is 0 Å². The lowest BCUT2D eigenvalue weighted by Gasteiger charge is -2.57. The van der Waals surface area contributed by atoms with E-state index in [1.165, 1.54) is 0 Å². The van der Waals surface area contributed by atoms with Crippen LogP contribution < -0.4 is 0 Å². The number of hydroxylamine groups is 4. The van der Waals surface area contributed by atoms with Crippen LogP contribution in [0.5, 0.6) is 0 Å². The molecule has 2 saturated heterocycles. The lowest BCUT2D eigenvalue weighted by molar-refractivity contribution is -0.475. The average Bonchev–Trinajstić information content (AvgIpc) is 1.06. The third-order valence-electron chi connectivity index (χ3n) is 16.8. The number of hydrogen-bond acceptors (Lipinski definition) is 10. The molecule has 2 aliphatic heterocycles. The zero-order chi connectivity index (χ0) is 66.3. The SMILES string of the molecule is CCC1(CC)CC(OCC(C)(COC2CC(CC)(CC)N(O)C(CC)(CC)C2)OCC(COC(C(F)(F)F)(C(F)(F)F)C(F)(F)F)(COC(C(F)(F)F)(C(F)(F)F)C(F)(F)F)COC(C(F)(F)F)(C(F)(F)F)C(F)(F)F)CC(CC)(CC)N1O. The molecule has 0 amide bonds. The maximum Gasteiger partial charge on any atom is 0.435 e. The molecule has 0 aliphatic carbocycles. The summed E-state index contributed by atoms with van der Waals surface area (Å²) in [5.41, 5.74) is -37.4. The van der Waals surface area contributed by atoms with Gasteiger partial charge in [-0.1, -0.05) is 55.4 Å². The highest BCUT2D eigenvalue weighted by atomic mass is 19.5. The van der Waals surface area contributed by atoms with Gasteiger partial charge in [0.1, 0.15) is 5.60 Å². The van der Waals surface area contributed by atoms with Crippen LogP contribution in [0.2, 0.25) is 0 Å². The normalized spacial score (nSPS) is 20.5. The largest absolute Gasteiger partial charge is 0.435 e. The van der Waals surface area contributed by atoms with Crippen LogP contribution in [0.3, 0.4) is 0 Å². The molecule has 37 heteroatoms. The van der Waals surface area contributed by atoms with Crippen LogP contribution in [0.25, 0.3) is 0 Å². The van der Waals surface area contributed by atoms with Gasteiger partial charge in [-0.15, -0.1) is 0 Å². The second-order valence-electron chi connectivity index (χ2n) is 21.7. The van der Waals surface area contributed by atoms with Gasteiger partial charge in [0.15, 0.2) is 0 Å². The molecule has 2 heterocycles. The van der Waals surface area contributed by atoms with Gasteiger partial charge in [-0.25, -0.2) is 0 Å². The molecular weight excluding hydrogens is 1230 g/mol. The van der Waals surface area contributed by atoms with Crippen molar-refractivity contribution in [1.29, 1.82) is 0 Å². The molecule has 10 nitrogen and oxygen atoms in total. The Morgan fingerprint density at radius 2 is 0.476 bits per heavy atom. The summed E-state index contributed by atoms with van der Waals surface area (Å²) in [6.07, 6.45) is -76.0. The van der Waals surface area contributed by atoms with Crippen molar-refractivity contribution in [3.63, 3.8) is 0 Å². The number of nitrogens with zero attached hydrogens (tertiary/aromatic N) is 2. The number of ether oxygens (including phenoxy) is 6. The fourth-order valence-corrected chi connectivity index (χ4v) is 11.0. The quantitative estimate of drug-likeness (QED) is 0.0814. The summed E-state index contributed by atoms with van der Waals surface area (Å²) in [6.45, 7) is -4.77. The van der Waals surface area contributed by atoms with Gasteiger partial charge in [0, 0.05) is 22.2 Å². The van der Waals surface area contributed by atoms with E-state index in [1.54, 1.807) is 55.4 Å². The predicted octanol–water partition coefficient (Wildman–Crippen LogP) is 16.1. The molecule has 0 atom stereocenters. The average molecular weight is 1300 g/mol. The van der Waals surface area contributed by atoms with E-state index in [0.29, 0.717) is 6.92 Å². The van der Waals surface area contributed by atoms with Gasteiger partial charge in [-0.3, -0.25) is 0 Å². The molecule has 2 rings (SSSR count). The Morgan fingerprint density at radius 3 is 0.631 bits per heavy atom. The first-order valence-corrected chi connectivity index (χ1v) is 25.8. The molecular formula is C47H67F27N2O8. The second kappa shape index (κ2) is 25.5. The molecule has 0 aromatic carbocycles. The molecule has 0 bridgehead atoms. The Balaban J connectivity index is 3.38. The summed E-state index contributed by atoms with van der Waals surface area (Å²) < 4.78 is 416. The molecule has 2 N–H and O–H groups in total. The summed E-state index contributed by atoms with van der Waals surface area (Å²) in [5.74, 6) is 0. The summed E-state index contributed by atoms with van der Waals surface area (Å²) in [7, 11) is 0. The molecule has 0 aromatic heterocycles. The van der Waals surface area contributed by atoms with Gasteiger partial charge >= 0.3 is 72.4 Å². The molecule has 0 spiro atoms. The van der Waals surface area contributed by atoms with Gasteiger partial charge in [0.05, 0.1) is 57.3 Å². The van der Waals surface area contributed by atoms with Gasteiger partial charge in [-0.2, -0.15) is 129 Å². The fourth-order valence-electron chi connectivity index (χ4n) is 11.0. The number of hydrogen-bond donors (Lipinski definition) is 2. The standard InChI is InChI=1S/C47H67F27N2O8/c1-10-32(11-2)18-28(19-33(12-3,13-4)75(32)77)79-22-30(9,23-80-29-20-34(14-5,15-6)76(78)35(16-7,17-8)21-29)81-24-31(25-82-36(39(48,49)50,40(51,52)53)41(54,55)56,26-83-37(42(57,58)59,43(60,61)62)44(63,64)65)27-84-38(45(66,67)68,46(69,70)71)47(72,73)74/h28-29,77-78H,10-27H2,1-9H3. The molecule has 0 radical (unpaired) electrons. The van der Waals surface area contributed by atoms with Crippen LogP contribution in [0.1, 0.15) is 139 Å². The molecule has 502 valence electrons. The van der Waals surface area contributed by atoms with E-state index < -0.39 is 157 Å². The number of halogens is 27. The summed E-state index contributed by atoms with van der Waals surface area (Å²) in [4.78, 5) is 0. The van der Waals surface area contributed by atoms with Crippen molar-refractivity contribution in [1.82, 2.24) is 10.1 Å². The second-order valence-corrected chi connectivity index (χ2v) is 21.7. The maximum atomic E-state index is 14.4. The van der Waals surface area contributed by atoms with Crippen LogP contribution in [-0.2, 0) is 28.4 Å². The summed E-state index contributed by atoms with van der Waals surface area (Å²) in [5, 5.41) is 25.2. The lowest BCUT2D eigenvalue weighted by atomic mass is 9.71. The molecule has 0 unspecified atom stereocenters. The summed E-state index contributed by atoms with van der Waals surface area (Å²) >= 11 is 0. The Morgan fingerprint density at radius 1 is 0.310 bits per heavy atom. The van der Waals surface area contributed by atoms with Crippen molar-refractivity contribution < 1.29 is 157 Å². The number of alkyl halides is 27. The lowest BCUT2D eigenvalue weighted by Crippen LogP contribution is -2.71. The van der Waals surface area contributed by atoms with Crippen LogP contribution in [-0.4, -0.2) is 173 Å². The summed E-state index contributed by atoms with van der Waals surface area (Å²) in [6, 6.07) is 0. The fraction of sp³-hybridized carbons (Fsp3) is 1.00. The highest BCUT2D eigenvalue weighted by Gasteiger charge is 2.89. The number of rotatable bonds is 26. The van der Waals surface area contributed by atoms with E-state index >= 15 is 0 Å². The van der Waals surface area contributed by atoms with Gasteiger partial charge in [0.2, 0.25) is 0 Å². The minimum Gasteiger partial charge on any atom is -0.375 e. The first-order chi connectivity index (χ1) is 37.4. The van der Waals surface area contributed by atoms with Crippen LogP contribution in [0.4, 0.5) is 119 Å². The Bertz CT molecular complexity index is 1730. The zero-order valence-corrected chi connectivity index (χ0v) is 46.3. The van der Waals surface area contributed by atoms with Gasteiger partial charge < -0.3 is 38.8 Å². The van der Waals surface area contributed by atoms with Crippen molar-refractivity contribution in [3.8, 4) is 0 Å². The predicted molar refractivity (Wildman–Crippen MR) is 236 cm³/mol. The first kappa shape index (κ1) is 77.8. The Labute approximate surface area is 464 Å². The highest BCUT2D eigenvalue weighted by Crippen LogP contribution is 2.60. The van der Waals surface area contributed by atoms with E-state index in [0.717, 1.165) is 10.1 Å². The third kappa shape index (κ3) is 14.2. The van der Waals surface area contributed by atoms with Crippen molar-refractivity contribution >= 4 is 0 Å². The van der Waals surface area contributed by atoms with Gasteiger partial charge in [0.25, 0.3) is 0 Å². The zero-order valence-electron chi connectivity index (χ0n) is 46.3. The van der Waals surface area contributed by atoms with E-state index in [2.05, 4.69) is 14.2 Å². The molecule has 0 aromatic rings. The molecule has 2 fully saturated rings. The van der Waals surface area contributed by atoms with E-state index in [4.69, 9.17) is 14.2 Å². The van der Waals surface area contributed by atoms with Crippen LogP contribution in [0.15, 0.2) is 0 Å². The van der Waals surface area contributed by atoms with Crippen molar-refractivity contribution in [2.24, 2.45) is 5.41 Å². The van der Waals surface area contributed by atoms with E-state index in [9.17, 15) is 129 Å². The molecule has 0 saturated carbocycles. The Kier molecular flexibility index (Phi) is 23.7. The van der Waals surface area contributed by atoms with Crippen LogP contribution in [0, 0.1) is 5.41 Å². The van der Waals surface area contributed by atoms with Gasteiger partial charge in [-0.05, 0) is 84.0 Å². The minimum absolute atomic E-state index is 0.0948. The van der Waals surface area contributed by atoms with Crippen molar-refractivity contribution in [2.45, 2.75) is 252 Å². The van der Waals surface area contributed by atoms with Crippen LogP contribution >= 0.6 is 0 Å². The van der Waals surface area contributed by atoms with E-state index in [-0.39, 0.29) is 77.0 Å². The molecule has 2 aliphatic rings. The topological polar surface area (TPSA) is 102 Å². The smallest absolute Gasteiger partial charge is 0.375 e. The monoisotopic (exact) mass is 1300 g/mol. The molecule has 84 heavy (non-hydrogen) atoms. The minimum atomic E-state index is -8.14. The maximum absolute atomic E-state index is 14.4. The highest BCUT2D eigenvalue weighted by molar-refractivity contribution is 5.09. The first-order valence-electron chi connectivity index (χ1n) is 25.8.